The number of hydrogen-bond donors (Lipinski definition) is 0. The Bertz CT molecular complexity index is 1300. The zero-order chi connectivity index (χ0) is 22.6. The van der Waals surface area contributed by atoms with Crippen LogP contribution in [0.5, 0.6) is 5.75 Å². The molecule has 0 N–H and O–H groups in total. The molecule has 0 aliphatic carbocycles. The first kappa shape index (κ1) is 22.0. The number of furan rings is 1. The molecule has 4 rings (SSSR count). The van der Waals surface area contributed by atoms with E-state index in [1.165, 1.54) is 22.5 Å². The number of thiazole rings is 1. The molecule has 166 valence electrons. The fourth-order valence-electron chi connectivity index (χ4n) is 3.29. The molecule has 0 unspecified atom stereocenters. The van der Waals surface area contributed by atoms with Gasteiger partial charge >= 0.3 is 0 Å². The molecule has 9 heteroatoms. The number of carbonyl (C=O) groups is 1. The molecule has 2 heterocycles. The highest BCUT2D eigenvalue weighted by atomic mass is 32.2. The van der Waals surface area contributed by atoms with E-state index in [1.807, 2.05) is 18.2 Å². The van der Waals surface area contributed by atoms with E-state index in [9.17, 15) is 13.2 Å². The lowest BCUT2D eigenvalue weighted by Gasteiger charge is -2.18. The Morgan fingerprint density at radius 2 is 1.91 bits per heavy atom. The summed E-state index contributed by atoms with van der Waals surface area (Å²) in [5, 5.41) is 0.464. The summed E-state index contributed by atoms with van der Waals surface area (Å²) in [6.07, 6.45) is 1.38. The quantitative estimate of drug-likeness (QED) is 0.359. The summed E-state index contributed by atoms with van der Waals surface area (Å²) >= 11 is 1.34. The minimum absolute atomic E-state index is 0.0996. The zero-order valence-corrected chi connectivity index (χ0v) is 19.1. The van der Waals surface area contributed by atoms with E-state index in [0.29, 0.717) is 27.7 Å². The number of anilines is 1. The van der Waals surface area contributed by atoms with Crippen LogP contribution < -0.4 is 9.64 Å². The second-order valence-electron chi connectivity index (χ2n) is 7.19. The first-order valence-corrected chi connectivity index (χ1v) is 12.6. The van der Waals surface area contributed by atoms with Gasteiger partial charge in [0, 0.05) is 6.42 Å². The fourth-order valence-corrected chi connectivity index (χ4v) is 5.62. The summed E-state index contributed by atoms with van der Waals surface area (Å²) in [4.78, 5) is 19.2. The number of para-hydroxylation sites is 1. The van der Waals surface area contributed by atoms with Gasteiger partial charge in [0.25, 0.3) is 0 Å². The van der Waals surface area contributed by atoms with Crippen molar-refractivity contribution in [2.75, 3.05) is 17.8 Å². The number of rotatable bonds is 9. The summed E-state index contributed by atoms with van der Waals surface area (Å²) in [5.41, 5.74) is 1.36. The summed E-state index contributed by atoms with van der Waals surface area (Å²) in [7, 11) is -1.88. The van der Waals surface area contributed by atoms with Crippen molar-refractivity contribution in [2.24, 2.45) is 0 Å². The number of methoxy groups -OCH3 is 1. The van der Waals surface area contributed by atoms with Crippen LogP contribution in [-0.4, -0.2) is 32.2 Å². The smallest absolute Gasteiger partial charge is 0.230 e. The Kier molecular flexibility index (Phi) is 6.57. The number of benzene rings is 2. The van der Waals surface area contributed by atoms with Crippen molar-refractivity contribution in [3.63, 3.8) is 0 Å². The third-order valence-electron chi connectivity index (χ3n) is 4.87. The van der Waals surface area contributed by atoms with Gasteiger partial charge in [-0.05, 0) is 29.8 Å². The molecule has 32 heavy (non-hydrogen) atoms. The SMILES string of the molecule is COc1cccc2sc(N(Cc3ccco3)C(=O)CCS(=O)(=O)Cc3ccccc3)nc12. The summed E-state index contributed by atoms with van der Waals surface area (Å²) < 4.78 is 36.8. The van der Waals surface area contributed by atoms with E-state index in [-0.39, 0.29) is 30.4 Å². The van der Waals surface area contributed by atoms with Gasteiger partial charge in [0.15, 0.2) is 15.0 Å². The largest absolute Gasteiger partial charge is 0.494 e. The van der Waals surface area contributed by atoms with Gasteiger partial charge in [-0.2, -0.15) is 0 Å². The second-order valence-corrected chi connectivity index (χ2v) is 10.4. The van der Waals surface area contributed by atoms with Gasteiger partial charge in [-0.1, -0.05) is 47.7 Å². The zero-order valence-electron chi connectivity index (χ0n) is 17.4. The molecule has 2 aromatic heterocycles. The van der Waals surface area contributed by atoms with Gasteiger partial charge in [-0.25, -0.2) is 13.4 Å². The Hall–Kier alpha value is -3.17. The summed E-state index contributed by atoms with van der Waals surface area (Å²) in [6.45, 7) is 0.159. The van der Waals surface area contributed by atoms with Crippen LogP contribution in [0.25, 0.3) is 10.2 Å². The molecule has 4 aromatic rings. The van der Waals surface area contributed by atoms with Crippen LogP contribution in [0.15, 0.2) is 71.3 Å². The standard InChI is InChI=1S/C23H22N2O5S2/c1-29-19-10-5-11-20-22(19)24-23(31-20)25(15-18-9-6-13-30-18)21(26)12-14-32(27,28)16-17-7-3-2-4-8-17/h2-11,13H,12,14-16H2,1H3. The summed E-state index contributed by atoms with van der Waals surface area (Å²) in [5.74, 6) is 0.509. The molecule has 0 radical (unpaired) electrons. The third kappa shape index (κ3) is 5.17. The molecule has 2 aromatic carbocycles. The van der Waals surface area contributed by atoms with E-state index in [0.717, 1.165) is 4.70 Å². The fraction of sp³-hybridized carbons (Fsp3) is 0.217. The maximum absolute atomic E-state index is 13.2. The van der Waals surface area contributed by atoms with Crippen molar-refractivity contribution >= 4 is 42.4 Å². The molecule has 0 atom stereocenters. The van der Waals surface area contributed by atoms with Crippen molar-refractivity contribution in [2.45, 2.75) is 18.7 Å². The molecule has 1 amide bonds. The Labute approximate surface area is 190 Å². The van der Waals surface area contributed by atoms with Gasteiger partial charge in [-0.15, -0.1) is 0 Å². The molecule has 0 saturated carbocycles. The van der Waals surface area contributed by atoms with Crippen LogP contribution in [-0.2, 0) is 26.9 Å². The number of sulfone groups is 1. The van der Waals surface area contributed by atoms with Gasteiger partial charge in [-0.3, -0.25) is 9.69 Å². The Morgan fingerprint density at radius 1 is 1.09 bits per heavy atom. The minimum Gasteiger partial charge on any atom is -0.494 e. The van der Waals surface area contributed by atoms with E-state index in [2.05, 4.69) is 4.98 Å². The molecule has 0 spiro atoms. The maximum atomic E-state index is 13.2. The number of aromatic nitrogens is 1. The lowest BCUT2D eigenvalue weighted by Crippen LogP contribution is -2.31. The molecule has 7 nitrogen and oxygen atoms in total. The van der Waals surface area contributed by atoms with E-state index in [1.54, 1.807) is 49.6 Å². The van der Waals surface area contributed by atoms with Crippen LogP contribution >= 0.6 is 11.3 Å². The number of carbonyl (C=O) groups excluding carboxylic acids is 1. The van der Waals surface area contributed by atoms with Crippen LogP contribution in [0.1, 0.15) is 17.7 Å². The van der Waals surface area contributed by atoms with E-state index >= 15 is 0 Å². The van der Waals surface area contributed by atoms with E-state index in [4.69, 9.17) is 9.15 Å². The highest BCUT2D eigenvalue weighted by molar-refractivity contribution is 7.90. The maximum Gasteiger partial charge on any atom is 0.230 e. The number of nitrogens with zero attached hydrogens (tertiary/aromatic N) is 2. The minimum atomic E-state index is -3.45. The lowest BCUT2D eigenvalue weighted by molar-refractivity contribution is -0.118. The third-order valence-corrected chi connectivity index (χ3v) is 7.52. The number of hydrogen-bond acceptors (Lipinski definition) is 7. The summed E-state index contributed by atoms with van der Waals surface area (Å²) in [6, 6.07) is 18.0. The molecule has 0 saturated heterocycles. The van der Waals surface area contributed by atoms with Gasteiger partial charge < -0.3 is 9.15 Å². The number of ether oxygens (including phenoxy) is 1. The van der Waals surface area contributed by atoms with Gasteiger partial charge in [0.2, 0.25) is 5.91 Å². The second kappa shape index (κ2) is 9.54. The monoisotopic (exact) mass is 470 g/mol. The topological polar surface area (TPSA) is 89.7 Å². The molecule has 0 fully saturated rings. The van der Waals surface area contributed by atoms with Crippen LogP contribution in [0.4, 0.5) is 5.13 Å². The highest BCUT2D eigenvalue weighted by Gasteiger charge is 2.24. The van der Waals surface area contributed by atoms with Crippen LogP contribution in [0, 0.1) is 0 Å². The van der Waals surface area contributed by atoms with Crippen molar-refractivity contribution < 1.29 is 22.4 Å². The Balaban J connectivity index is 1.56. The first-order valence-electron chi connectivity index (χ1n) is 9.96. The van der Waals surface area contributed by atoms with Crippen LogP contribution in [0.3, 0.4) is 0 Å². The first-order chi connectivity index (χ1) is 15.4. The average Bonchev–Trinajstić information content (AvgIpc) is 3.45. The molecular formula is C23H22N2O5S2. The van der Waals surface area contributed by atoms with E-state index < -0.39 is 9.84 Å². The predicted octanol–water partition coefficient (Wildman–Crippen LogP) is 4.44. The molecule has 0 bridgehead atoms. The van der Waals surface area contributed by atoms with Crippen LogP contribution in [0.2, 0.25) is 0 Å². The lowest BCUT2D eigenvalue weighted by atomic mass is 10.2. The molecular weight excluding hydrogens is 448 g/mol. The van der Waals surface area contributed by atoms with Crippen molar-refractivity contribution in [1.29, 1.82) is 0 Å². The van der Waals surface area contributed by atoms with Crippen molar-refractivity contribution in [3.05, 3.63) is 78.3 Å². The average molecular weight is 471 g/mol. The Morgan fingerprint density at radius 3 is 2.62 bits per heavy atom. The molecule has 0 aliphatic rings. The normalized spacial score (nSPS) is 11.5. The van der Waals surface area contributed by atoms with Crippen molar-refractivity contribution in [1.82, 2.24) is 4.98 Å². The van der Waals surface area contributed by atoms with Crippen molar-refractivity contribution in [3.8, 4) is 5.75 Å². The number of amides is 1. The predicted molar refractivity (Wildman–Crippen MR) is 125 cm³/mol. The van der Waals surface area contributed by atoms with Gasteiger partial charge in [0.1, 0.15) is 17.0 Å². The van der Waals surface area contributed by atoms with Gasteiger partial charge in [0.05, 0.1) is 36.1 Å². The molecule has 0 aliphatic heterocycles. The number of fused-ring (bicyclic) bond motifs is 1. The highest BCUT2D eigenvalue weighted by Crippen LogP contribution is 2.35.